The molecule has 2 aromatic heterocycles. The highest BCUT2D eigenvalue weighted by atomic mass is 32.2. The third-order valence-corrected chi connectivity index (χ3v) is 5.70. The molecule has 0 amide bonds. The van der Waals surface area contributed by atoms with E-state index in [0.717, 1.165) is 22.6 Å². The number of pyridine rings is 1. The third kappa shape index (κ3) is 3.89. The van der Waals surface area contributed by atoms with Gasteiger partial charge in [-0.25, -0.2) is 14.5 Å². The summed E-state index contributed by atoms with van der Waals surface area (Å²) in [5.74, 6) is 2.60. The van der Waals surface area contributed by atoms with Crippen LogP contribution in [0.5, 0.6) is 11.5 Å². The number of benzene rings is 2. The highest BCUT2D eigenvalue weighted by molar-refractivity contribution is 7.98. The summed E-state index contributed by atoms with van der Waals surface area (Å²) in [5.41, 5.74) is 2.49. The molecular weight excluding hydrogens is 398 g/mol. The average Bonchev–Trinajstić information content (AvgIpc) is 2.78. The fourth-order valence-corrected chi connectivity index (χ4v) is 4.12. The van der Waals surface area contributed by atoms with Gasteiger partial charge in [-0.3, -0.25) is 4.79 Å². The van der Waals surface area contributed by atoms with Crippen LogP contribution in [0.3, 0.4) is 0 Å². The van der Waals surface area contributed by atoms with Crippen molar-refractivity contribution in [3.8, 4) is 17.3 Å². The number of hydrogen-bond acceptors (Lipinski definition) is 6. The number of rotatable bonds is 6. The molecule has 0 atom stereocenters. The molecule has 6 nitrogen and oxygen atoms in total. The lowest BCUT2D eigenvalue weighted by molar-refractivity contribution is 0.400. The van der Waals surface area contributed by atoms with Crippen LogP contribution >= 0.6 is 11.8 Å². The van der Waals surface area contributed by atoms with Crippen molar-refractivity contribution in [2.75, 3.05) is 14.2 Å². The fraction of sp³-hybridized carbons (Fsp3) is 0.174. The summed E-state index contributed by atoms with van der Waals surface area (Å²) in [6.07, 6.45) is 1.75. The maximum Gasteiger partial charge on any atom is 0.267 e. The Morgan fingerprint density at radius 2 is 1.87 bits per heavy atom. The summed E-state index contributed by atoms with van der Waals surface area (Å²) < 4.78 is 12.4. The summed E-state index contributed by atoms with van der Waals surface area (Å²) in [4.78, 5) is 22.5. The van der Waals surface area contributed by atoms with Crippen LogP contribution in [0, 0.1) is 6.92 Å². The van der Waals surface area contributed by atoms with E-state index >= 15 is 0 Å². The molecule has 0 N–H and O–H groups in total. The SMILES string of the molecule is COc1ccc(OC)c(CSc2nc3ccccc3c(=O)n2-c2ccc(C)cn2)c1. The van der Waals surface area contributed by atoms with Crippen LogP contribution in [0.25, 0.3) is 16.7 Å². The van der Waals surface area contributed by atoms with Crippen LogP contribution in [0.4, 0.5) is 0 Å². The van der Waals surface area contributed by atoms with E-state index in [2.05, 4.69) is 4.98 Å². The van der Waals surface area contributed by atoms with E-state index in [1.165, 1.54) is 11.8 Å². The second-order valence-electron chi connectivity index (χ2n) is 6.71. The molecule has 0 aliphatic carbocycles. The summed E-state index contributed by atoms with van der Waals surface area (Å²) in [6.45, 7) is 1.96. The van der Waals surface area contributed by atoms with Crippen molar-refractivity contribution >= 4 is 22.7 Å². The summed E-state index contributed by atoms with van der Waals surface area (Å²) in [5, 5.41) is 1.13. The first-order chi connectivity index (χ1) is 14.6. The Morgan fingerprint density at radius 3 is 2.60 bits per heavy atom. The molecule has 0 aliphatic heterocycles. The van der Waals surface area contributed by atoms with Crippen LogP contribution in [0.2, 0.25) is 0 Å². The van der Waals surface area contributed by atoms with Crippen molar-refractivity contribution in [1.29, 1.82) is 0 Å². The van der Waals surface area contributed by atoms with E-state index < -0.39 is 0 Å². The van der Waals surface area contributed by atoms with Crippen LogP contribution < -0.4 is 15.0 Å². The smallest absolute Gasteiger partial charge is 0.267 e. The van der Waals surface area contributed by atoms with Gasteiger partial charge in [0, 0.05) is 17.5 Å². The van der Waals surface area contributed by atoms with Gasteiger partial charge in [-0.1, -0.05) is 30.0 Å². The molecule has 30 heavy (non-hydrogen) atoms. The molecule has 7 heteroatoms. The number of nitrogens with zero attached hydrogens (tertiary/aromatic N) is 3. The summed E-state index contributed by atoms with van der Waals surface area (Å²) in [7, 11) is 3.26. The van der Waals surface area contributed by atoms with Gasteiger partial charge < -0.3 is 9.47 Å². The number of ether oxygens (including phenoxy) is 2. The number of para-hydroxylation sites is 1. The maximum atomic E-state index is 13.3. The number of fused-ring (bicyclic) bond motifs is 1. The van der Waals surface area contributed by atoms with Crippen molar-refractivity contribution in [2.24, 2.45) is 0 Å². The highest BCUT2D eigenvalue weighted by Gasteiger charge is 2.15. The van der Waals surface area contributed by atoms with Gasteiger partial charge in [-0.15, -0.1) is 0 Å². The number of aromatic nitrogens is 3. The molecule has 0 unspecified atom stereocenters. The Hall–Kier alpha value is -3.32. The van der Waals surface area contributed by atoms with Gasteiger partial charge in [0.1, 0.15) is 17.3 Å². The summed E-state index contributed by atoms with van der Waals surface area (Å²) >= 11 is 1.45. The molecule has 0 spiro atoms. The normalized spacial score (nSPS) is 10.9. The van der Waals surface area contributed by atoms with E-state index in [4.69, 9.17) is 14.5 Å². The van der Waals surface area contributed by atoms with Gasteiger partial charge in [0.25, 0.3) is 5.56 Å². The van der Waals surface area contributed by atoms with Gasteiger partial charge in [0.15, 0.2) is 5.16 Å². The topological polar surface area (TPSA) is 66.2 Å². The number of aryl methyl sites for hydroxylation is 1. The lowest BCUT2D eigenvalue weighted by atomic mass is 10.2. The van der Waals surface area contributed by atoms with Crippen molar-refractivity contribution in [2.45, 2.75) is 17.8 Å². The molecule has 0 bridgehead atoms. The zero-order valence-corrected chi connectivity index (χ0v) is 17.8. The Bertz CT molecular complexity index is 1250. The van der Waals surface area contributed by atoms with E-state index in [9.17, 15) is 4.79 Å². The van der Waals surface area contributed by atoms with Gasteiger partial charge in [-0.05, 0) is 48.9 Å². The minimum Gasteiger partial charge on any atom is -0.497 e. The lowest BCUT2D eigenvalue weighted by Gasteiger charge is -2.14. The lowest BCUT2D eigenvalue weighted by Crippen LogP contribution is -2.22. The quantitative estimate of drug-likeness (QED) is 0.341. The summed E-state index contributed by atoms with van der Waals surface area (Å²) in [6, 6.07) is 16.8. The Morgan fingerprint density at radius 1 is 1.03 bits per heavy atom. The second-order valence-corrected chi connectivity index (χ2v) is 7.65. The highest BCUT2D eigenvalue weighted by Crippen LogP contribution is 2.31. The predicted molar refractivity (Wildman–Crippen MR) is 119 cm³/mol. The molecule has 0 fully saturated rings. The second kappa shape index (κ2) is 8.59. The van der Waals surface area contributed by atoms with E-state index in [1.807, 2.05) is 55.5 Å². The third-order valence-electron chi connectivity index (χ3n) is 4.71. The zero-order chi connectivity index (χ0) is 21.1. The van der Waals surface area contributed by atoms with Crippen LogP contribution in [0.1, 0.15) is 11.1 Å². The van der Waals surface area contributed by atoms with E-state index in [0.29, 0.717) is 27.6 Å². The monoisotopic (exact) mass is 419 g/mol. The Kier molecular flexibility index (Phi) is 5.72. The Labute approximate surface area is 178 Å². The molecule has 4 rings (SSSR count). The largest absolute Gasteiger partial charge is 0.497 e. The first-order valence-corrected chi connectivity index (χ1v) is 10.4. The van der Waals surface area contributed by atoms with Crippen LogP contribution in [-0.2, 0) is 5.75 Å². The molecule has 0 aliphatic rings. The molecule has 2 aromatic carbocycles. The standard InChI is InChI=1S/C23H21N3O3S/c1-15-8-11-21(24-13-15)26-22(27)18-6-4-5-7-19(18)25-23(26)30-14-16-12-17(28-2)9-10-20(16)29-3/h4-13H,14H2,1-3H3. The maximum absolute atomic E-state index is 13.3. The van der Waals surface area contributed by atoms with Gasteiger partial charge in [0.2, 0.25) is 0 Å². The molecule has 4 aromatic rings. The van der Waals surface area contributed by atoms with Gasteiger partial charge in [-0.2, -0.15) is 0 Å². The van der Waals surface area contributed by atoms with Crippen molar-refractivity contribution in [3.05, 3.63) is 82.3 Å². The van der Waals surface area contributed by atoms with Crippen LogP contribution in [-0.4, -0.2) is 28.8 Å². The first kappa shape index (κ1) is 20.0. The van der Waals surface area contributed by atoms with Crippen molar-refractivity contribution < 1.29 is 9.47 Å². The number of hydrogen-bond donors (Lipinski definition) is 0. The molecule has 0 radical (unpaired) electrons. The molecule has 2 heterocycles. The predicted octanol–water partition coefficient (Wildman–Crippen LogP) is 4.40. The van der Waals surface area contributed by atoms with Crippen molar-refractivity contribution in [3.63, 3.8) is 0 Å². The number of thioether (sulfide) groups is 1. The minimum absolute atomic E-state index is 0.142. The molecule has 152 valence electrons. The van der Waals surface area contributed by atoms with Crippen molar-refractivity contribution in [1.82, 2.24) is 14.5 Å². The van der Waals surface area contributed by atoms with E-state index in [-0.39, 0.29) is 5.56 Å². The number of methoxy groups -OCH3 is 2. The van der Waals surface area contributed by atoms with Gasteiger partial charge >= 0.3 is 0 Å². The molecule has 0 saturated heterocycles. The molecule has 0 saturated carbocycles. The fourth-order valence-electron chi connectivity index (χ4n) is 3.14. The zero-order valence-electron chi connectivity index (χ0n) is 17.0. The van der Waals surface area contributed by atoms with Crippen LogP contribution in [0.15, 0.2) is 70.7 Å². The minimum atomic E-state index is -0.142. The van der Waals surface area contributed by atoms with E-state index in [1.54, 1.807) is 31.0 Å². The Balaban J connectivity index is 1.81. The average molecular weight is 420 g/mol. The molecular formula is C23H21N3O3S. The first-order valence-electron chi connectivity index (χ1n) is 9.39. The van der Waals surface area contributed by atoms with Gasteiger partial charge in [0.05, 0.1) is 25.1 Å².